The Balaban J connectivity index is 2.25. The van der Waals surface area contributed by atoms with Crippen LogP contribution in [0.4, 0.5) is 5.69 Å². The standard InChI is InChI=1S/C20H27N3O3S/c1-17-9-11-19(12-10-17)27(25,26)23(18-7-5-4-6-8-18)15-13-20(24)22(3)16-14-21-2/h4-12,21H,13-16H2,1-3H3. The van der Waals surface area contributed by atoms with E-state index in [4.69, 9.17) is 0 Å². The molecule has 0 unspecified atom stereocenters. The number of amides is 1. The lowest BCUT2D eigenvalue weighted by Crippen LogP contribution is -2.37. The van der Waals surface area contributed by atoms with Crippen molar-refractivity contribution in [2.75, 3.05) is 38.0 Å². The van der Waals surface area contributed by atoms with Crippen LogP contribution in [0.15, 0.2) is 59.5 Å². The zero-order valence-electron chi connectivity index (χ0n) is 16.1. The molecule has 6 nitrogen and oxygen atoms in total. The highest BCUT2D eigenvalue weighted by Gasteiger charge is 2.25. The van der Waals surface area contributed by atoms with Crippen molar-refractivity contribution in [3.8, 4) is 0 Å². The predicted molar refractivity (Wildman–Crippen MR) is 108 cm³/mol. The van der Waals surface area contributed by atoms with Crippen LogP contribution in [0.3, 0.4) is 0 Å². The fraction of sp³-hybridized carbons (Fsp3) is 0.350. The topological polar surface area (TPSA) is 69.7 Å². The largest absolute Gasteiger partial charge is 0.344 e. The maximum atomic E-state index is 13.2. The number of carbonyl (C=O) groups excluding carboxylic acids is 1. The Bertz CT molecular complexity index is 837. The lowest BCUT2D eigenvalue weighted by atomic mass is 10.2. The molecule has 27 heavy (non-hydrogen) atoms. The highest BCUT2D eigenvalue weighted by atomic mass is 32.2. The third-order valence-corrected chi connectivity index (χ3v) is 6.15. The molecule has 0 saturated heterocycles. The normalized spacial score (nSPS) is 11.2. The molecule has 0 heterocycles. The van der Waals surface area contributed by atoms with Gasteiger partial charge in [-0.05, 0) is 38.2 Å². The van der Waals surface area contributed by atoms with Gasteiger partial charge in [-0.2, -0.15) is 0 Å². The fourth-order valence-corrected chi connectivity index (χ4v) is 4.08. The highest BCUT2D eigenvalue weighted by Crippen LogP contribution is 2.24. The smallest absolute Gasteiger partial charge is 0.264 e. The molecule has 1 N–H and O–H groups in total. The van der Waals surface area contributed by atoms with Crippen LogP contribution in [0.25, 0.3) is 0 Å². The van der Waals surface area contributed by atoms with Gasteiger partial charge >= 0.3 is 0 Å². The second-order valence-corrected chi connectivity index (χ2v) is 8.26. The lowest BCUT2D eigenvalue weighted by Gasteiger charge is -2.25. The zero-order valence-corrected chi connectivity index (χ0v) is 16.9. The number of sulfonamides is 1. The van der Waals surface area contributed by atoms with E-state index in [-0.39, 0.29) is 23.8 Å². The summed E-state index contributed by atoms with van der Waals surface area (Å²) >= 11 is 0. The number of para-hydroxylation sites is 1. The monoisotopic (exact) mass is 389 g/mol. The molecule has 2 rings (SSSR count). The van der Waals surface area contributed by atoms with E-state index in [0.29, 0.717) is 18.8 Å². The Labute approximate surface area is 161 Å². The molecule has 2 aromatic rings. The molecule has 0 spiro atoms. The second kappa shape index (κ2) is 9.53. The van der Waals surface area contributed by atoms with E-state index in [1.165, 1.54) is 4.31 Å². The summed E-state index contributed by atoms with van der Waals surface area (Å²) in [6.07, 6.45) is 0.111. The number of likely N-dealkylation sites (N-methyl/N-ethyl adjacent to an activating group) is 2. The molecule has 0 radical (unpaired) electrons. The Kier molecular flexibility index (Phi) is 7.38. The van der Waals surface area contributed by atoms with Crippen molar-refractivity contribution < 1.29 is 13.2 Å². The summed E-state index contributed by atoms with van der Waals surface area (Å²) in [4.78, 5) is 14.2. The summed E-state index contributed by atoms with van der Waals surface area (Å²) in [6, 6.07) is 15.6. The molecule has 7 heteroatoms. The first-order chi connectivity index (χ1) is 12.9. The van der Waals surface area contributed by atoms with Gasteiger partial charge < -0.3 is 10.2 Å². The van der Waals surface area contributed by atoms with Crippen LogP contribution in [0, 0.1) is 6.92 Å². The molecular weight excluding hydrogens is 362 g/mol. The number of aryl methyl sites for hydroxylation is 1. The minimum absolute atomic E-state index is 0.0863. The van der Waals surface area contributed by atoms with E-state index in [2.05, 4.69) is 5.32 Å². The number of carbonyl (C=O) groups is 1. The first-order valence-corrected chi connectivity index (χ1v) is 10.3. The van der Waals surface area contributed by atoms with Gasteiger partial charge in [-0.25, -0.2) is 8.42 Å². The summed E-state index contributed by atoms with van der Waals surface area (Å²) in [5.74, 6) is -0.0923. The quantitative estimate of drug-likeness (QED) is 0.714. The fourth-order valence-electron chi connectivity index (χ4n) is 2.61. The summed E-state index contributed by atoms with van der Waals surface area (Å²) in [6.45, 7) is 3.26. The number of hydrogen-bond acceptors (Lipinski definition) is 4. The van der Waals surface area contributed by atoms with Crippen molar-refractivity contribution >= 4 is 21.6 Å². The van der Waals surface area contributed by atoms with Gasteiger partial charge in [0.05, 0.1) is 10.6 Å². The van der Waals surface area contributed by atoms with Crippen molar-refractivity contribution in [3.63, 3.8) is 0 Å². The van der Waals surface area contributed by atoms with Crippen molar-refractivity contribution in [2.45, 2.75) is 18.2 Å². The Morgan fingerprint density at radius 1 is 1.00 bits per heavy atom. The maximum absolute atomic E-state index is 13.2. The number of benzene rings is 2. The van der Waals surface area contributed by atoms with Gasteiger partial charge in [0.2, 0.25) is 5.91 Å². The Morgan fingerprint density at radius 3 is 2.22 bits per heavy atom. The minimum Gasteiger partial charge on any atom is -0.344 e. The van der Waals surface area contributed by atoms with Crippen LogP contribution in [0.5, 0.6) is 0 Å². The van der Waals surface area contributed by atoms with Crippen molar-refractivity contribution in [1.29, 1.82) is 0 Å². The van der Waals surface area contributed by atoms with Crippen molar-refractivity contribution in [2.24, 2.45) is 0 Å². The number of nitrogens with zero attached hydrogens (tertiary/aromatic N) is 2. The molecule has 146 valence electrons. The van der Waals surface area contributed by atoms with Gasteiger partial charge in [0.15, 0.2) is 0 Å². The SMILES string of the molecule is CNCCN(C)C(=O)CCN(c1ccccc1)S(=O)(=O)c1ccc(C)cc1. The van der Waals surface area contributed by atoms with Crippen molar-refractivity contribution in [3.05, 3.63) is 60.2 Å². The van der Waals surface area contributed by atoms with E-state index >= 15 is 0 Å². The summed E-state index contributed by atoms with van der Waals surface area (Å²) in [5, 5.41) is 2.99. The molecule has 1 amide bonds. The molecule has 0 aliphatic carbocycles. The molecule has 0 saturated carbocycles. The molecule has 0 aliphatic heterocycles. The lowest BCUT2D eigenvalue weighted by molar-refractivity contribution is -0.129. The van der Waals surface area contributed by atoms with Crippen LogP contribution in [0.2, 0.25) is 0 Å². The van der Waals surface area contributed by atoms with Crippen LogP contribution in [-0.4, -0.2) is 53.0 Å². The molecule has 0 aliphatic rings. The number of nitrogens with one attached hydrogen (secondary N) is 1. The molecule has 2 aromatic carbocycles. The van der Waals surface area contributed by atoms with E-state index in [9.17, 15) is 13.2 Å². The van der Waals surface area contributed by atoms with E-state index in [1.54, 1.807) is 60.5 Å². The first-order valence-electron chi connectivity index (χ1n) is 8.89. The Hall–Kier alpha value is -2.38. The molecule has 0 atom stereocenters. The second-order valence-electron chi connectivity index (χ2n) is 6.39. The summed E-state index contributed by atoms with van der Waals surface area (Å²) in [7, 11) is -0.213. The van der Waals surface area contributed by atoms with Crippen LogP contribution in [0.1, 0.15) is 12.0 Å². The zero-order chi connectivity index (χ0) is 19.9. The van der Waals surface area contributed by atoms with Crippen LogP contribution in [-0.2, 0) is 14.8 Å². The van der Waals surface area contributed by atoms with E-state index in [0.717, 1.165) is 5.56 Å². The van der Waals surface area contributed by atoms with Gasteiger partial charge in [-0.1, -0.05) is 35.9 Å². The number of hydrogen-bond donors (Lipinski definition) is 1. The van der Waals surface area contributed by atoms with Gasteiger partial charge in [-0.15, -0.1) is 0 Å². The van der Waals surface area contributed by atoms with Crippen LogP contribution >= 0.6 is 0 Å². The third kappa shape index (κ3) is 5.55. The molecule has 0 fully saturated rings. The minimum atomic E-state index is -3.76. The highest BCUT2D eigenvalue weighted by molar-refractivity contribution is 7.92. The summed E-state index contributed by atoms with van der Waals surface area (Å²) in [5.41, 5.74) is 1.53. The van der Waals surface area contributed by atoms with E-state index in [1.807, 2.05) is 20.0 Å². The predicted octanol–water partition coefficient (Wildman–Crippen LogP) is 2.26. The van der Waals surface area contributed by atoms with Gasteiger partial charge in [0.1, 0.15) is 0 Å². The van der Waals surface area contributed by atoms with Gasteiger partial charge in [0, 0.05) is 33.1 Å². The molecular formula is C20H27N3O3S. The average molecular weight is 390 g/mol. The molecule has 0 aromatic heterocycles. The van der Waals surface area contributed by atoms with Gasteiger partial charge in [-0.3, -0.25) is 9.10 Å². The number of anilines is 1. The van der Waals surface area contributed by atoms with Crippen molar-refractivity contribution in [1.82, 2.24) is 10.2 Å². The third-order valence-electron chi connectivity index (χ3n) is 4.30. The number of rotatable bonds is 9. The maximum Gasteiger partial charge on any atom is 0.264 e. The molecule has 0 bridgehead atoms. The average Bonchev–Trinajstić information content (AvgIpc) is 2.67. The summed E-state index contributed by atoms with van der Waals surface area (Å²) < 4.78 is 27.7. The van der Waals surface area contributed by atoms with Crippen LogP contribution < -0.4 is 9.62 Å². The Morgan fingerprint density at radius 2 is 1.63 bits per heavy atom. The van der Waals surface area contributed by atoms with E-state index < -0.39 is 10.0 Å². The van der Waals surface area contributed by atoms with Gasteiger partial charge in [0.25, 0.3) is 10.0 Å². The first kappa shape index (κ1) is 20.9.